The molecule has 0 aliphatic heterocycles. The van der Waals surface area contributed by atoms with Gasteiger partial charge in [0.2, 0.25) is 6.10 Å². The molecule has 0 saturated heterocycles. The molecule has 0 saturated carbocycles. The van der Waals surface area contributed by atoms with Gasteiger partial charge in [0.25, 0.3) is 0 Å². The van der Waals surface area contributed by atoms with Crippen molar-refractivity contribution in [2.75, 3.05) is 19.8 Å². The van der Waals surface area contributed by atoms with Gasteiger partial charge in [-0.1, -0.05) is 24.3 Å². The summed E-state index contributed by atoms with van der Waals surface area (Å²) in [5.41, 5.74) is 2.73. The maximum Gasteiger partial charge on any atom is 0.349 e. The summed E-state index contributed by atoms with van der Waals surface area (Å²) in [6.07, 6.45) is -0.904. The average molecular weight is 396 g/mol. The number of benzene rings is 2. The van der Waals surface area contributed by atoms with E-state index in [-0.39, 0.29) is 13.2 Å². The third kappa shape index (κ3) is 4.84. The summed E-state index contributed by atoms with van der Waals surface area (Å²) in [5.74, 6) is -0.114. The van der Waals surface area contributed by atoms with Crippen molar-refractivity contribution in [1.29, 1.82) is 0 Å². The minimum atomic E-state index is -0.904. The summed E-state index contributed by atoms with van der Waals surface area (Å²) in [6, 6.07) is 14.5. The van der Waals surface area contributed by atoms with Crippen LogP contribution in [-0.4, -0.2) is 31.9 Å². The molecule has 0 radical (unpaired) electrons. The highest BCUT2D eigenvalue weighted by Gasteiger charge is 2.22. The largest absolute Gasteiger partial charge is 0.476 e. The fourth-order valence-electron chi connectivity index (χ4n) is 3.09. The Bertz CT molecular complexity index is 1050. The van der Waals surface area contributed by atoms with Crippen LogP contribution in [0, 0.1) is 6.92 Å². The van der Waals surface area contributed by atoms with E-state index in [2.05, 4.69) is 0 Å². The van der Waals surface area contributed by atoms with E-state index in [1.54, 1.807) is 19.1 Å². The van der Waals surface area contributed by atoms with Gasteiger partial charge in [0.15, 0.2) is 0 Å². The van der Waals surface area contributed by atoms with Crippen LogP contribution in [0.2, 0.25) is 0 Å². The molecule has 1 aromatic heterocycles. The molecule has 0 amide bonds. The highest BCUT2D eigenvalue weighted by Crippen LogP contribution is 2.31. The Balaban J connectivity index is 1.99. The first-order valence-corrected chi connectivity index (χ1v) is 9.58. The fraction of sp³-hybridized carbons (Fsp3) is 0.304. The minimum Gasteiger partial charge on any atom is -0.476 e. The standard InChI is InChI=1S/C23H24O6/c1-4-26-14-21(23(25)27-5-2)28-16-10-11-18-19(13-22(24)29-20(18)12-16)17-9-7-6-8-15(17)3/h6-13,21H,4-5,14H2,1-3H3/t21-/m1/s1. The normalized spacial score (nSPS) is 12.0. The van der Waals surface area contributed by atoms with Gasteiger partial charge in [-0.15, -0.1) is 0 Å². The molecule has 6 nitrogen and oxygen atoms in total. The van der Waals surface area contributed by atoms with Crippen LogP contribution in [0.4, 0.5) is 0 Å². The number of esters is 1. The van der Waals surface area contributed by atoms with Gasteiger partial charge < -0.3 is 18.6 Å². The molecular weight excluding hydrogens is 372 g/mol. The van der Waals surface area contributed by atoms with Gasteiger partial charge in [-0.05, 0) is 44.0 Å². The fourth-order valence-corrected chi connectivity index (χ4v) is 3.09. The summed E-state index contributed by atoms with van der Waals surface area (Å²) in [7, 11) is 0. The quantitative estimate of drug-likeness (QED) is 0.421. The zero-order chi connectivity index (χ0) is 20.8. The van der Waals surface area contributed by atoms with E-state index in [0.717, 1.165) is 22.1 Å². The van der Waals surface area contributed by atoms with Crippen LogP contribution in [0.5, 0.6) is 5.75 Å². The zero-order valence-corrected chi connectivity index (χ0v) is 16.8. The van der Waals surface area contributed by atoms with Crippen LogP contribution >= 0.6 is 0 Å². The molecule has 152 valence electrons. The van der Waals surface area contributed by atoms with E-state index >= 15 is 0 Å². The summed E-state index contributed by atoms with van der Waals surface area (Å²) in [6.45, 7) is 6.32. The van der Waals surface area contributed by atoms with Crippen molar-refractivity contribution in [3.8, 4) is 16.9 Å². The molecule has 1 heterocycles. The maximum absolute atomic E-state index is 12.2. The lowest BCUT2D eigenvalue weighted by Crippen LogP contribution is -2.34. The van der Waals surface area contributed by atoms with E-state index in [9.17, 15) is 9.59 Å². The number of carbonyl (C=O) groups is 1. The molecule has 0 fully saturated rings. The summed E-state index contributed by atoms with van der Waals surface area (Å²) in [4.78, 5) is 24.3. The molecule has 3 rings (SSSR count). The van der Waals surface area contributed by atoms with Crippen molar-refractivity contribution in [1.82, 2.24) is 0 Å². The Labute approximate surface area is 169 Å². The average Bonchev–Trinajstić information content (AvgIpc) is 2.70. The minimum absolute atomic E-state index is 0.0700. The molecule has 3 aromatic rings. The predicted molar refractivity (Wildman–Crippen MR) is 110 cm³/mol. The first kappa shape index (κ1) is 20.6. The molecule has 6 heteroatoms. The molecule has 0 N–H and O–H groups in total. The van der Waals surface area contributed by atoms with E-state index in [4.69, 9.17) is 18.6 Å². The molecule has 0 unspecified atom stereocenters. The Morgan fingerprint density at radius 2 is 1.83 bits per heavy atom. The Hall–Kier alpha value is -3.12. The predicted octanol–water partition coefficient (Wildman–Crippen LogP) is 4.12. The molecule has 0 spiro atoms. The van der Waals surface area contributed by atoms with Crippen molar-refractivity contribution >= 4 is 16.9 Å². The lowest BCUT2D eigenvalue weighted by atomic mass is 9.98. The number of carbonyl (C=O) groups excluding carboxylic acids is 1. The topological polar surface area (TPSA) is 75.0 Å². The highest BCUT2D eigenvalue weighted by atomic mass is 16.6. The van der Waals surface area contributed by atoms with E-state index in [1.807, 2.05) is 44.2 Å². The molecule has 2 aromatic carbocycles. The van der Waals surface area contributed by atoms with Crippen LogP contribution < -0.4 is 10.4 Å². The Kier molecular flexibility index (Phi) is 6.67. The second-order valence-corrected chi connectivity index (χ2v) is 6.47. The Morgan fingerprint density at radius 3 is 2.55 bits per heavy atom. The van der Waals surface area contributed by atoms with Gasteiger partial charge in [-0.3, -0.25) is 0 Å². The number of aryl methyl sites for hydroxylation is 1. The van der Waals surface area contributed by atoms with Crippen molar-refractivity contribution in [3.05, 3.63) is 64.5 Å². The van der Waals surface area contributed by atoms with E-state index in [1.165, 1.54) is 6.07 Å². The van der Waals surface area contributed by atoms with E-state index < -0.39 is 17.7 Å². The lowest BCUT2D eigenvalue weighted by Gasteiger charge is -2.18. The summed E-state index contributed by atoms with van der Waals surface area (Å²) >= 11 is 0. The first-order chi connectivity index (χ1) is 14.0. The van der Waals surface area contributed by atoms with Crippen LogP contribution in [0.1, 0.15) is 19.4 Å². The van der Waals surface area contributed by atoms with Gasteiger partial charge in [-0.2, -0.15) is 0 Å². The van der Waals surface area contributed by atoms with Gasteiger partial charge in [0, 0.05) is 29.7 Å². The van der Waals surface area contributed by atoms with Gasteiger partial charge in [0.1, 0.15) is 11.3 Å². The number of hydrogen-bond donors (Lipinski definition) is 0. The first-order valence-electron chi connectivity index (χ1n) is 9.58. The zero-order valence-electron chi connectivity index (χ0n) is 16.8. The number of fused-ring (bicyclic) bond motifs is 1. The SMILES string of the molecule is CCOC[C@@H](Oc1ccc2c(-c3ccccc3C)cc(=O)oc2c1)C(=O)OCC. The van der Waals surface area contributed by atoms with Crippen molar-refractivity contribution in [2.45, 2.75) is 26.9 Å². The van der Waals surface area contributed by atoms with Crippen molar-refractivity contribution < 1.29 is 23.4 Å². The second kappa shape index (κ2) is 9.39. The molecule has 0 aliphatic rings. The van der Waals surface area contributed by atoms with Crippen LogP contribution in [0.15, 0.2) is 57.7 Å². The third-order valence-electron chi connectivity index (χ3n) is 4.45. The van der Waals surface area contributed by atoms with Crippen molar-refractivity contribution in [2.24, 2.45) is 0 Å². The molecule has 0 bridgehead atoms. The number of rotatable bonds is 8. The molecular formula is C23H24O6. The number of ether oxygens (including phenoxy) is 3. The van der Waals surface area contributed by atoms with Gasteiger partial charge in [-0.25, -0.2) is 9.59 Å². The summed E-state index contributed by atoms with van der Waals surface area (Å²) < 4.78 is 21.6. The number of hydrogen-bond acceptors (Lipinski definition) is 6. The lowest BCUT2D eigenvalue weighted by molar-refractivity contribution is -0.154. The van der Waals surface area contributed by atoms with Crippen molar-refractivity contribution in [3.63, 3.8) is 0 Å². The summed E-state index contributed by atoms with van der Waals surface area (Å²) in [5, 5.41) is 0.781. The van der Waals surface area contributed by atoms with Crippen LogP contribution in [0.25, 0.3) is 22.1 Å². The van der Waals surface area contributed by atoms with E-state index in [0.29, 0.717) is 17.9 Å². The second-order valence-electron chi connectivity index (χ2n) is 6.47. The third-order valence-corrected chi connectivity index (χ3v) is 4.45. The van der Waals surface area contributed by atoms with Crippen LogP contribution in [0.3, 0.4) is 0 Å². The smallest absolute Gasteiger partial charge is 0.349 e. The highest BCUT2D eigenvalue weighted by molar-refractivity contribution is 5.94. The van der Waals surface area contributed by atoms with Gasteiger partial charge >= 0.3 is 11.6 Å². The molecule has 29 heavy (non-hydrogen) atoms. The Morgan fingerprint density at radius 1 is 1.03 bits per heavy atom. The molecule has 1 atom stereocenters. The van der Waals surface area contributed by atoms with Crippen LogP contribution in [-0.2, 0) is 14.3 Å². The maximum atomic E-state index is 12.2. The monoisotopic (exact) mass is 396 g/mol. The molecule has 0 aliphatic carbocycles. The van der Waals surface area contributed by atoms with Gasteiger partial charge in [0.05, 0.1) is 13.2 Å².